The van der Waals surface area contributed by atoms with Crippen LogP contribution in [-0.2, 0) is 0 Å². The van der Waals surface area contributed by atoms with Crippen LogP contribution in [0.15, 0.2) is 59.3 Å². The summed E-state index contributed by atoms with van der Waals surface area (Å²) in [5.41, 5.74) is 3.57. The van der Waals surface area contributed by atoms with Crippen molar-refractivity contribution in [1.82, 2.24) is 20.0 Å². The zero-order valence-corrected chi connectivity index (χ0v) is 18.7. The van der Waals surface area contributed by atoms with Crippen LogP contribution < -0.4 is 0 Å². The Morgan fingerprint density at radius 2 is 1.76 bits per heavy atom. The van der Waals surface area contributed by atoms with Crippen molar-refractivity contribution in [3.8, 4) is 11.3 Å². The standard InChI is InChI=1S/C27H26N4O2/c1-17-14-24(33-30-17)23-16-28-26(20-7-8-20)29-25(23)19-10-12-31(13-11-19)27(32)22-9-6-18-4-2-3-5-21(18)15-22/h2-6,9,14-16,19-20H,7-8,10-13H2,1H3. The highest BCUT2D eigenvalue weighted by atomic mass is 16.5. The molecule has 4 aromatic rings. The number of benzene rings is 2. The molecule has 6 nitrogen and oxygen atoms in total. The molecule has 0 atom stereocenters. The Labute approximate surface area is 192 Å². The first-order chi connectivity index (χ1) is 16.2. The molecule has 0 spiro atoms. The summed E-state index contributed by atoms with van der Waals surface area (Å²) in [6, 6.07) is 16.1. The molecule has 1 saturated heterocycles. The van der Waals surface area contributed by atoms with Crippen molar-refractivity contribution in [3.05, 3.63) is 77.5 Å². The molecule has 2 aromatic carbocycles. The lowest BCUT2D eigenvalue weighted by Crippen LogP contribution is -2.38. The normalized spacial score (nSPS) is 16.9. The quantitative estimate of drug-likeness (QED) is 0.421. The summed E-state index contributed by atoms with van der Waals surface area (Å²) in [5, 5.41) is 6.30. The van der Waals surface area contributed by atoms with Crippen LogP contribution in [0.1, 0.15) is 65.1 Å². The summed E-state index contributed by atoms with van der Waals surface area (Å²) in [6.45, 7) is 3.35. The maximum Gasteiger partial charge on any atom is 0.253 e. The highest BCUT2D eigenvalue weighted by molar-refractivity contribution is 5.98. The van der Waals surface area contributed by atoms with Crippen LogP contribution in [0.4, 0.5) is 0 Å². The second kappa shape index (κ2) is 8.10. The van der Waals surface area contributed by atoms with Crippen LogP contribution in [0.25, 0.3) is 22.1 Å². The first-order valence-electron chi connectivity index (χ1n) is 11.7. The molecule has 2 fully saturated rings. The summed E-state index contributed by atoms with van der Waals surface area (Å²) in [5.74, 6) is 2.53. The molecule has 1 saturated carbocycles. The Hall–Kier alpha value is -3.54. The fourth-order valence-electron chi connectivity index (χ4n) is 4.80. The number of aryl methyl sites for hydroxylation is 1. The molecule has 3 heterocycles. The summed E-state index contributed by atoms with van der Waals surface area (Å²) in [4.78, 5) is 24.8. The number of fused-ring (bicyclic) bond motifs is 1. The molecule has 0 N–H and O–H groups in total. The van der Waals surface area contributed by atoms with E-state index in [4.69, 9.17) is 9.51 Å². The van der Waals surface area contributed by atoms with Gasteiger partial charge in [-0.2, -0.15) is 0 Å². The van der Waals surface area contributed by atoms with E-state index in [1.54, 1.807) is 0 Å². The third-order valence-electron chi connectivity index (χ3n) is 6.84. The predicted molar refractivity (Wildman–Crippen MR) is 126 cm³/mol. The third kappa shape index (κ3) is 3.90. The highest BCUT2D eigenvalue weighted by Crippen LogP contribution is 2.41. The minimum absolute atomic E-state index is 0.103. The summed E-state index contributed by atoms with van der Waals surface area (Å²) in [7, 11) is 0. The zero-order valence-electron chi connectivity index (χ0n) is 18.7. The number of carbonyl (C=O) groups excluding carboxylic acids is 1. The molecule has 2 aromatic heterocycles. The van der Waals surface area contributed by atoms with Gasteiger partial charge >= 0.3 is 0 Å². The summed E-state index contributed by atoms with van der Waals surface area (Å²) >= 11 is 0. The molecule has 166 valence electrons. The maximum atomic E-state index is 13.2. The van der Waals surface area contributed by atoms with E-state index in [0.717, 1.165) is 57.7 Å². The Balaban J connectivity index is 1.23. The van der Waals surface area contributed by atoms with Gasteiger partial charge in [-0.3, -0.25) is 4.79 Å². The van der Waals surface area contributed by atoms with Gasteiger partial charge in [0.2, 0.25) is 0 Å². The van der Waals surface area contributed by atoms with Gasteiger partial charge in [0.05, 0.1) is 17.0 Å². The van der Waals surface area contributed by atoms with Crippen LogP contribution in [0.3, 0.4) is 0 Å². The Morgan fingerprint density at radius 3 is 2.48 bits per heavy atom. The zero-order chi connectivity index (χ0) is 22.4. The van der Waals surface area contributed by atoms with E-state index in [1.807, 2.05) is 54.4 Å². The molecular weight excluding hydrogens is 412 g/mol. The predicted octanol–water partition coefficient (Wildman–Crippen LogP) is 5.49. The van der Waals surface area contributed by atoms with Crippen molar-refractivity contribution >= 4 is 16.7 Å². The van der Waals surface area contributed by atoms with Crippen molar-refractivity contribution < 1.29 is 9.32 Å². The smallest absolute Gasteiger partial charge is 0.253 e. The Morgan fingerprint density at radius 1 is 0.970 bits per heavy atom. The number of hydrogen-bond donors (Lipinski definition) is 0. The molecular formula is C27H26N4O2. The summed E-state index contributed by atoms with van der Waals surface area (Å²) < 4.78 is 5.56. The Bertz CT molecular complexity index is 1330. The van der Waals surface area contributed by atoms with Crippen molar-refractivity contribution in [2.75, 3.05) is 13.1 Å². The first kappa shape index (κ1) is 20.1. The van der Waals surface area contributed by atoms with Gasteiger partial charge < -0.3 is 9.42 Å². The van der Waals surface area contributed by atoms with E-state index in [1.165, 1.54) is 12.8 Å². The lowest BCUT2D eigenvalue weighted by Gasteiger charge is -2.32. The van der Waals surface area contributed by atoms with E-state index in [0.29, 0.717) is 19.0 Å². The van der Waals surface area contributed by atoms with Crippen LogP contribution >= 0.6 is 0 Å². The number of rotatable bonds is 4. The molecule has 2 aliphatic rings. The largest absolute Gasteiger partial charge is 0.356 e. The van der Waals surface area contributed by atoms with Gasteiger partial charge in [0.1, 0.15) is 5.82 Å². The van der Waals surface area contributed by atoms with Gasteiger partial charge in [-0.25, -0.2) is 9.97 Å². The molecule has 1 aliphatic carbocycles. The lowest BCUT2D eigenvalue weighted by molar-refractivity contribution is 0.0712. The Kier molecular flexibility index (Phi) is 4.93. The van der Waals surface area contributed by atoms with Crippen LogP contribution in [0.5, 0.6) is 0 Å². The number of nitrogens with zero attached hydrogens (tertiary/aromatic N) is 4. The van der Waals surface area contributed by atoms with Crippen LogP contribution in [-0.4, -0.2) is 39.0 Å². The van der Waals surface area contributed by atoms with E-state index in [9.17, 15) is 4.79 Å². The van der Waals surface area contributed by atoms with E-state index >= 15 is 0 Å². The van der Waals surface area contributed by atoms with Gasteiger partial charge in [-0.05, 0) is 55.5 Å². The van der Waals surface area contributed by atoms with Crippen molar-refractivity contribution in [1.29, 1.82) is 0 Å². The number of hydrogen-bond acceptors (Lipinski definition) is 5. The summed E-state index contributed by atoms with van der Waals surface area (Å²) in [6.07, 6.45) is 5.99. The van der Waals surface area contributed by atoms with E-state index in [2.05, 4.69) is 22.3 Å². The number of amides is 1. The fraction of sp³-hybridized carbons (Fsp3) is 0.333. The van der Waals surface area contributed by atoms with Crippen molar-refractivity contribution in [2.45, 2.75) is 44.4 Å². The average Bonchev–Trinajstić information content (AvgIpc) is 3.63. The topological polar surface area (TPSA) is 72.1 Å². The van der Waals surface area contributed by atoms with E-state index in [-0.39, 0.29) is 11.8 Å². The van der Waals surface area contributed by atoms with Gasteiger partial charge in [-0.1, -0.05) is 35.5 Å². The molecule has 0 unspecified atom stereocenters. The van der Waals surface area contributed by atoms with Crippen molar-refractivity contribution in [2.24, 2.45) is 0 Å². The van der Waals surface area contributed by atoms with Gasteiger partial charge in [0, 0.05) is 42.8 Å². The van der Waals surface area contributed by atoms with Gasteiger partial charge in [0.25, 0.3) is 5.91 Å². The SMILES string of the molecule is Cc1cc(-c2cnc(C3CC3)nc2C2CCN(C(=O)c3ccc4ccccc4c3)CC2)on1. The van der Waals surface area contributed by atoms with E-state index < -0.39 is 0 Å². The molecule has 6 heteroatoms. The van der Waals surface area contributed by atoms with Gasteiger partial charge in [0.15, 0.2) is 5.76 Å². The minimum Gasteiger partial charge on any atom is -0.356 e. The second-order valence-corrected chi connectivity index (χ2v) is 9.26. The number of aromatic nitrogens is 3. The molecule has 33 heavy (non-hydrogen) atoms. The molecule has 0 bridgehead atoms. The van der Waals surface area contributed by atoms with Crippen molar-refractivity contribution in [3.63, 3.8) is 0 Å². The molecule has 1 amide bonds. The molecule has 1 aliphatic heterocycles. The molecule has 6 rings (SSSR count). The molecule has 0 radical (unpaired) electrons. The first-order valence-corrected chi connectivity index (χ1v) is 11.7. The average molecular weight is 439 g/mol. The monoisotopic (exact) mass is 438 g/mol. The van der Waals surface area contributed by atoms with Crippen LogP contribution in [0.2, 0.25) is 0 Å². The minimum atomic E-state index is 0.103. The lowest BCUT2D eigenvalue weighted by atomic mass is 9.89. The van der Waals surface area contributed by atoms with Crippen LogP contribution in [0, 0.1) is 6.92 Å². The number of likely N-dealkylation sites (tertiary alicyclic amines) is 1. The third-order valence-corrected chi connectivity index (χ3v) is 6.84. The fourth-order valence-corrected chi connectivity index (χ4v) is 4.80. The second-order valence-electron chi connectivity index (χ2n) is 9.26. The van der Waals surface area contributed by atoms with Gasteiger partial charge in [-0.15, -0.1) is 0 Å². The number of carbonyl (C=O) groups is 1. The number of piperidine rings is 1. The maximum absolute atomic E-state index is 13.2. The highest BCUT2D eigenvalue weighted by Gasteiger charge is 2.32.